The minimum atomic E-state index is -1.22. The van der Waals surface area contributed by atoms with Gasteiger partial charge < -0.3 is 24.4 Å². The summed E-state index contributed by atoms with van der Waals surface area (Å²) in [5, 5.41) is 17.4. The molecule has 0 amide bonds. The maximum atomic E-state index is 12.3. The summed E-state index contributed by atoms with van der Waals surface area (Å²) in [7, 11) is 1.21. The summed E-state index contributed by atoms with van der Waals surface area (Å²) in [6.45, 7) is 7.44. The fourth-order valence-corrected chi connectivity index (χ4v) is 2.62. The summed E-state index contributed by atoms with van der Waals surface area (Å²) in [6, 6.07) is 0. The van der Waals surface area contributed by atoms with E-state index in [9.17, 15) is 14.4 Å². The van der Waals surface area contributed by atoms with Crippen molar-refractivity contribution < 1.29 is 38.8 Å². The predicted molar refractivity (Wildman–Crippen MR) is 88.4 cm³/mol. The Morgan fingerprint density at radius 2 is 1.48 bits per heavy atom. The van der Waals surface area contributed by atoms with Crippen LogP contribution >= 0.6 is 0 Å². The molecule has 0 saturated heterocycles. The Balaban J connectivity index is 5.27. The molecule has 0 saturated carbocycles. The molecule has 0 aromatic rings. The Labute approximate surface area is 147 Å². The Hall–Kier alpha value is -1.93. The van der Waals surface area contributed by atoms with E-state index in [1.54, 1.807) is 20.8 Å². The van der Waals surface area contributed by atoms with Crippen LogP contribution in [0.25, 0.3) is 0 Å². The fraction of sp³-hybridized carbons (Fsp3) is 0.706. The SMILES string of the molecule is C=C(CC(C)(CC(C)(C)C(=O)OCCO)C(=O)OC)C(=O)OCCO. The summed E-state index contributed by atoms with van der Waals surface area (Å²) in [6.07, 6.45) is -0.0517. The first-order valence-electron chi connectivity index (χ1n) is 7.86. The summed E-state index contributed by atoms with van der Waals surface area (Å²) < 4.78 is 14.5. The molecule has 8 nitrogen and oxygen atoms in total. The van der Waals surface area contributed by atoms with Crippen LogP contribution in [-0.2, 0) is 28.6 Å². The standard InChI is InChI=1S/C17H28O8/c1-12(13(20)24-8-6-18)10-17(4,15(22)23-5)11-16(2,3)14(21)25-9-7-19/h18-19H,1,6-11H2,2-5H3. The Morgan fingerprint density at radius 1 is 0.960 bits per heavy atom. The van der Waals surface area contributed by atoms with Crippen molar-refractivity contribution in [3.05, 3.63) is 12.2 Å². The molecule has 0 spiro atoms. The van der Waals surface area contributed by atoms with Crippen LogP contribution in [0.4, 0.5) is 0 Å². The lowest BCUT2D eigenvalue weighted by molar-refractivity contribution is -0.162. The van der Waals surface area contributed by atoms with Crippen molar-refractivity contribution in [3.8, 4) is 0 Å². The third-order valence-corrected chi connectivity index (χ3v) is 3.60. The van der Waals surface area contributed by atoms with E-state index in [2.05, 4.69) is 6.58 Å². The van der Waals surface area contributed by atoms with Gasteiger partial charge in [0.15, 0.2) is 0 Å². The monoisotopic (exact) mass is 360 g/mol. The van der Waals surface area contributed by atoms with Crippen molar-refractivity contribution in [2.24, 2.45) is 10.8 Å². The lowest BCUT2D eigenvalue weighted by Gasteiger charge is -2.34. The maximum absolute atomic E-state index is 12.3. The van der Waals surface area contributed by atoms with Gasteiger partial charge in [-0.15, -0.1) is 0 Å². The van der Waals surface area contributed by atoms with Crippen LogP contribution in [0.3, 0.4) is 0 Å². The third-order valence-electron chi connectivity index (χ3n) is 3.60. The molecule has 0 aromatic carbocycles. The van der Waals surface area contributed by atoms with Crippen LogP contribution in [0.2, 0.25) is 0 Å². The van der Waals surface area contributed by atoms with Gasteiger partial charge in [-0.3, -0.25) is 9.59 Å². The highest BCUT2D eigenvalue weighted by Crippen LogP contribution is 2.40. The molecule has 25 heavy (non-hydrogen) atoms. The molecule has 0 aliphatic carbocycles. The average molecular weight is 360 g/mol. The maximum Gasteiger partial charge on any atom is 0.333 e. The van der Waals surface area contributed by atoms with Crippen LogP contribution in [0, 0.1) is 10.8 Å². The minimum Gasteiger partial charge on any atom is -0.469 e. The largest absolute Gasteiger partial charge is 0.469 e. The van der Waals surface area contributed by atoms with Crippen molar-refractivity contribution >= 4 is 17.9 Å². The Morgan fingerprint density at radius 3 is 1.96 bits per heavy atom. The smallest absolute Gasteiger partial charge is 0.333 e. The van der Waals surface area contributed by atoms with E-state index in [1.165, 1.54) is 7.11 Å². The quantitative estimate of drug-likeness (QED) is 0.312. The van der Waals surface area contributed by atoms with E-state index in [1.807, 2.05) is 0 Å². The van der Waals surface area contributed by atoms with Crippen LogP contribution < -0.4 is 0 Å². The molecule has 0 fully saturated rings. The zero-order valence-corrected chi connectivity index (χ0v) is 15.3. The van der Waals surface area contributed by atoms with Crippen molar-refractivity contribution in [1.29, 1.82) is 0 Å². The van der Waals surface area contributed by atoms with Crippen molar-refractivity contribution in [2.75, 3.05) is 33.5 Å². The van der Waals surface area contributed by atoms with E-state index in [0.717, 1.165) is 0 Å². The number of carbonyl (C=O) groups is 3. The molecule has 8 heteroatoms. The van der Waals surface area contributed by atoms with Gasteiger partial charge in [-0.1, -0.05) is 6.58 Å². The highest BCUT2D eigenvalue weighted by Gasteiger charge is 2.44. The zero-order chi connectivity index (χ0) is 19.7. The van der Waals surface area contributed by atoms with Crippen LogP contribution in [-0.4, -0.2) is 61.7 Å². The number of esters is 3. The fourth-order valence-electron chi connectivity index (χ4n) is 2.62. The summed E-state index contributed by atoms with van der Waals surface area (Å²) in [5.74, 6) is -1.92. The second-order valence-electron chi connectivity index (χ2n) is 6.61. The molecule has 2 N–H and O–H groups in total. The van der Waals surface area contributed by atoms with E-state index in [4.69, 9.17) is 24.4 Å². The van der Waals surface area contributed by atoms with Crippen LogP contribution in [0.1, 0.15) is 33.6 Å². The van der Waals surface area contributed by atoms with Gasteiger partial charge in [-0.25, -0.2) is 4.79 Å². The van der Waals surface area contributed by atoms with Gasteiger partial charge in [-0.05, 0) is 33.6 Å². The Bertz CT molecular complexity index is 497. The molecule has 0 radical (unpaired) electrons. The van der Waals surface area contributed by atoms with Gasteiger partial charge in [0.1, 0.15) is 13.2 Å². The molecule has 144 valence electrons. The van der Waals surface area contributed by atoms with Gasteiger partial charge in [0.2, 0.25) is 0 Å². The van der Waals surface area contributed by atoms with E-state index >= 15 is 0 Å². The van der Waals surface area contributed by atoms with Gasteiger partial charge in [-0.2, -0.15) is 0 Å². The molecule has 1 atom stereocenters. The number of hydrogen-bond acceptors (Lipinski definition) is 8. The molecular weight excluding hydrogens is 332 g/mol. The van der Waals surface area contributed by atoms with Crippen LogP contribution in [0.15, 0.2) is 12.2 Å². The molecule has 0 aliphatic rings. The molecule has 1 unspecified atom stereocenters. The lowest BCUT2D eigenvalue weighted by atomic mass is 9.71. The molecular formula is C17H28O8. The first-order chi connectivity index (χ1) is 11.5. The second-order valence-corrected chi connectivity index (χ2v) is 6.61. The number of rotatable bonds is 11. The van der Waals surface area contributed by atoms with Crippen LogP contribution in [0.5, 0.6) is 0 Å². The second kappa shape index (κ2) is 10.1. The first kappa shape index (κ1) is 23.1. The number of methoxy groups -OCH3 is 1. The number of hydrogen-bond donors (Lipinski definition) is 2. The topological polar surface area (TPSA) is 119 Å². The van der Waals surface area contributed by atoms with Gasteiger partial charge >= 0.3 is 17.9 Å². The molecule has 0 aliphatic heterocycles. The van der Waals surface area contributed by atoms with Crippen molar-refractivity contribution in [2.45, 2.75) is 33.6 Å². The molecule has 0 rings (SSSR count). The summed E-state index contributed by atoms with van der Waals surface area (Å²) in [4.78, 5) is 36.2. The minimum absolute atomic E-state index is 0.0286. The van der Waals surface area contributed by atoms with E-state index in [0.29, 0.717) is 0 Å². The lowest BCUT2D eigenvalue weighted by Crippen LogP contribution is -2.39. The van der Waals surface area contributed by atoms with E-state index < -0.39 is 28.7 Å². The van der Waals surface area contributed by atoms with Crippen molar-refractivity contribution in [1.82, 2.24) is 0 Å². The average Bonchev–Trinajstić information content (AvgIpc) is 2.55. The van der Waals surface area contributed by atoms with Gasteiger partial charge in [0.25, 0.3) is 0 Å². The highest BCUT2D eigenvalue weighted by atomic mass is 16.5. The zero-order valence-electron chi connectivity index (χ0n) is 15.3. The first-order valence-corrected chi connectivity index (χ1v) is 7.86. The van der Waals surface area contributed by atoms with Gasteiger partial charge in [0, 0.05) is 5.57 Å². The summed E-state index contributed by atoms with van der Waals surface area (Å²) in [5.41, 5.74) is -2.25. The number of aliphatic hydroxyl groups excluding tert-OH is 2. The van der Waals surface area contributed by atoms with Gasteiger partial charge in [0.05, 0.1) is 31.2 Å². The highest BCUT2D eigenvalue weighted by molar-refractivity contribution is 5.89. The third kappa shape index (κ3) is 7.23. The van der Waals surface area contributed by atoms with E-state index in [-0.39, 0.29) is 44.8 Å². The number of aliphatic hydroxyl groups is 2. The molecule has 0 aromatic heterocycles. The molecule has 0 heterocycles. The normalized spacial score (nSPS) is 13.5. The Kier molecular flexibility index (Phi) is 9.37. The molecule has 0 bridgehead atoms. The number of ether oxygens (including phenoxy) is 3. The number of carbonyl (C=O) groups excluding carboxylic acids is 3. The predicted octanol–water partition coefficient (Wildman–Crippen LogP) is 0.599. The summed E-state index contributed by atoms with van der Waals surface area (Å²) >= 11 is 0. The van der Waals surface area contributed by atoms with Crippen molar-refractivity contribution in [3.63, 3.8) is 0 Å².